The molecule has 0 radical (unpaired) electrons. The smallest absolute Gasteiger partial charge is 0.139 e. The van der Waals surface area contributed by atoms with Gasteiger partial charge in [-0.3, -0.25) is 0 Å². The predicted molar refractivity (Wildman–Crippen MR) is 67.4 cm³/mol. The lowest BCUT2D eigenvalue weighted by molar-refractivity contribution is 0.273. The second kappa shape index (κ2) is 5.92. The average molecular weight is 228 g/mol. The van der Waals surface area contributed by atoms with Crippen LogP contribution < -0.4 is 11.1 Å². The molecule has 0 aliphatic carbocycles. The summed E-state index contributed by atoms with van der Waals surface area (Å²) in [5.74, 6) is 0.599. The van der Waals surface area contributed by atoms with Crippen LogP contribution in [0.3, 0.4) is 0 Å². The quantitative estimate of drug-likeness (QED) is 0.730. The van der Waals surface area contributed by atoms with Gasteiger partial charge in [-0.15, -0.1) is 0 Å². The molecule has 1 aromatic heterocycles. The summed E-state index contributed by atoms with van der Waals surface area (Å²) >= 11 is 1.41. The number of hydrogen-bond acceptors (Lipinski definition) is 5. The van der Waals surface area contributed by atoms with Crippen molar-refractivity contribution in [3.63, 3.8) is 0 Å². The zero-order valence-corrected chi connectivity index (χ0v) is 10.5. The molecule has 1 heterocycles. The number of nitrogen functional groups attached to an aromatic ring is 1. The second-order valence-electron chi connectivity index (χ2n) is 3.97. The molecule has 1 rings (SSSR count). The van der Waals surface area contributed by atoms with E-state index >= 15 is 0 Å². The molecule has 0 spiro atoms. The minimum atomic E-state index is 0.599. The molecule has 0 atom stereocenters. The summed E-state index contributed by atoms with van der Waals surface area (Å²) in [7, 11) is 2.15. The normalized spacial score (nSPS) is 11.3. The van der Waals surface area contributed by atoms with Crippen LogP contribution in [0.4, 0.5) is 10.8 Å². The highest BCUT2D eigenvalue weighted by Crippen LogP contribution is 2.16. The van der Waals surface area contributed by atoms with E-state index in [1.54, 1.807) is 0 Å². The first-order chi connectivity index (χ1) is 7.09. The minimum Gasteiger partial charge on any atom is -0.383 e. The number of nitrogens with zero attached hydrogens (tertiary/aromatic N) is 2. The molecule has 86 valence electrons. The van der Waals surface area contributed by atoms with Crippen LogP contribution in [0.5, 0.6) is 0 Å². The van der Waals surface area contributed by atoms with Crippen LogP contribution in [0.1, 0.15) is 20.3 Å². The summed E-state index contributed by atoms with van der Waals surface area (Å²) in [6, 6.07) is 2.49. The van der Waals surface area contributed by atoms with E-state index in [2.05, 4.69) is 35.5 Å². The summed E-state index contributed by atoms with van der Waals surface area (Å²) in [5, 5.41) is 4.36. The Morgan fingerprint density at radius 2 is 2.33 bits per heavy atom. The van der Waals surface area contributed by atoms with E-state index in [4.69, 9.17) is 5.73 Å². The fourth-order valence-corrected chi connectivity index (χ4v) is 1.77. The molecule has 4 nitrogen and oxygen atoms in total. The molecule has 15 heavy (non-hydrogen) atoms. The van der Waals surface area contributed by atoms with Crippen molar-refractivity contribution in [3.8, 4) is 0 Å². The maximum Gasteiger partial charge on any atom is 0.139 e. The van der Waals surface area contributed by atoms with E-state index in [1.807, 2.05) is 6.07 Å². The first kappa shape index (κ1) is 12.3. The van der Waals surface area contributed by atoms with Crippen molar-refractivity contribution in [2.24, 2.45) is 0 Å². The Morgan fingerprint density at radius 1 is 1.60 bits per heavy atom. The average Bonchev–Trinajstić information content (AvgIpc) is 2.58. The number of nitrogens with one attached hydrogen (secondary N) is 1. The van der Waals surface area contributed by atoms with E-state index in [1.165, 1.54) is 11.5 Å². The molecular weight excluding hydrogens is 208 g/mol. The van der Waals surface area contributed by atoms with Gasteiger partial charge in [0.15, 0.2) is 0 Å². The Kier molecular flexibility index (Phi) is 4.84. The van der Waals surface area contributed by atoms with Gasteiger partial charge in [0.2, 0.25) is 0 Å². The Morgan fingerprint density at radius 3 is 2.87 bits per heavy atom. The molecular formula is C10H20N4S. The van der Waals surface area contributed by atoms with Crippen molar-refractivity contribution in [1.82, 2.24) is 9.27 Å². The maximum absolute atomic E-state index is 5.52. The van der Waals surface area contributed by atoms with E-state index < -0.39 is 0 Å². The molecule has 0 aromatic carbocycles. The van der Waals surface area contributed by atoms with Gasteiger partial charge in [-0.25, -0.2) is 0 Å². The van der Waals surface area contributed by atoms with E-state index in [0.29, 0.717) is 11.9 Å². The van der Waals surface area contributed by atoms with Crippen molar-refractivity contribution >= 4 is 22.4 Å². The number of aromatic nitrogens is 1. The maximum atomic E-state index is 5.52. The lowest BCUT2D eigenvalue weighted by Gasteiger charge is -2.20. The molecule has 0 bridgehead atoms. The van der Waals surface area contributed by atoms with Gasteiger partial charge in [0.05, 0.1) is 0 Å². The van der Waals surface area contributed by atoms with E-state index in [9.17, 15) is 0 Å². The van der Waals surface area contributed by atoms with Gasteiger partial charge < -0.3 is 16.0 Å². The minimum absolute atomic E-state index is 0.599. The topological polar surface area (TPSA) is 54.2 Å². The van der Waals surface area contributed by atoms with Gasteiger partial charge in [-0.05, 0) is 45.4 Å². The van der Waals surface area contributed by atoms with Crippen molar-refractivity contribution in [2.45, 2.75) is 26.3 Å². The van der Waals surface area contributed by atoms with Crippen LogP contribution >= 0.6 is 11.5 Å². The summed E-state index contributed by atoms with van der Waals surface area (Å²) < 4.78 is 4.01. The number of nitrogens with two attached hydrogens (primary N) is 1. The molecule has 0 saturated heterocycles. The van der Waals surface area contributed by atoms with E-state index in [0.717, 1.165) is 24.5 Å². The summed E-state index contributed by atoms with van der Waals surface area (Å²) in [5.41, 5.74) is 5.52. The summed E-state index contributed by atoms with van der Waals surface area (Å²) in [6.07, 6.45) is 1.13. The highest BCUT2D eigenvalue weighted by Gasteiger charge is 2.02. The largest absolute Gasteiger partial charge is 0.383 e. The fraction of sp³-hybridized carbons (Fsp3) is 0.700. The Hall–Kier alpha value is -0.810. The molecule has 5 heteroatoms. The highest BCUT2D eigenvalue weighted by atomic mass is 32.1. The summed E-state index contributed by atoms with van der Waals surface area (Å²) in [4.78, 5) is 2.34. The first-order valence-electron chi connectivity index (χ1n) is 5.26. The van der Waals surface area contributed by atoms with Crippen LogP contribution in [0.15, 0.2) is 6.07 Å². The second-order valence-corrected chi connectivity index (χ2v) is 4.78. The fourth-order valence-electron chi connectivity index (χ4n) is 1.17. The van der Waals surface area contributed by atoms with Crippen LogP contribution in [0.2, 0.25) is 0 Å². The Labute approximate surface area is 95.6 Å². The molecule has 0 amide bonds. The van der Waals surface area contributed by atoms with Crippen molar-refractivity contribution < 1.29 is 0 Å². The SMILES string of the molecule is CC(C)N(C)CCCNc1cc(N)ns1. The summed E-state index contributed by atoms with van der Waals surface area (Å²) in [6.45, 7) is 6.49. The molecule has 0 aliphatic heterocycles. The van der Waals surface area contributed by atoms with Gasteiger partial charge in [0, 0.05) is 18.7 Å². The van der Waals surface area contributed by atoms with Gasteiger partial charge >= 0.3 is 0 Å². The van der Waals surface area contributed by atoms with Gasteiger partial charge in [0.1, 0.15) is 10.8 Å². The molecule has 3 N–H and O–H groups in total. The molecule has 0 saturated carbocycles. The predicted octanol–water partition coefficient (Wildman–Crippen LogP) is 1.87. The van der Waals surface area contributed by atoms with Crippen LogP contribution in [0.25, 0.3) is 0 Å². The molecule has 1 aromatic rings. The van der Waals surface area contributed by atoms with Gasteiger partial charge in [-0.2, -0.15) is 4.37 Å². The monoisotopic (exact) mass is 228 g/mol. The standard InChI is InChI=1S/C10H20N4S/c1-8(2)14(3)6-4-5-12-10-7-9(11)13-15-10/h7-8,12H,4-6H2,1-3H3,(H2,11,13). The number of hydrogen-bond donors (Lipinski definition) is 2. The number of rotatable bonds is 6. The molecule has 0 aliphatic rings. The Bertz CT molecular complexity index is 285. The van der Waals surface area contributed by atoms with Gasteiger partial charge in [-0.1, -0.05) is 0 Å². The lowest BCUT2D eigenvalue weighted by Crippen LogP contribution is -2.28. The van der Waals surface area contributed by atoms with Crippen LogP contribution in [0, 0.1) is 0 Å². The zero-order valence-electron chi connectivity index (χ0n) is 9.66. The van der Waals surface area contributed by atoms with Gasteiger partial charge in [0.25, 0.3) is 0 Å². The van der Waals surface area contributed by atoms with Crippen molar-refractivity contribution in [1.29, 1.82) is 0 Å². The highest BCUT2D eigenvalue weighted by molar-refractivity contribution is 7.10. The van der Waals surface area contributed by atoms with Crippen molar-refractivity contribution in [2.75, 3.05) is 31.2 Å². The molecule has 0 fully saturated rings. The van der Waals surface area contributed by atoms with Crippen molar-refractivity contribution in [3.05, 3.63) is 6.07 Å². The zero-order chi connectivity index (χ0) is 11.3. The lowest BCUT2D eigenvalue weighted by atomic mass is 10.3. The number of anilines is 2. The molecule has 0 unspecified atom stereocenters. The van der Waals surface area contributed by atoms with Crippen LogP contribution in [-0.2, 0) is 0 Å². The Balaban J connectivity index is 2.12. The van der Waals surface area contributed by atoms with E-state index in [-0.39, 0.29) is 0 Å². The third kappa shape index (κ3) is 4.48. The third-order valence-electron chi connectivity index (χ3n) is 2.40. The first-order valence-corrected chi connectivity index (χ1v) is 6.03. The third-order valence-corrected chi connectivity index (χ3v) is 3.16. The van der Waals surface area contributed by atoms with Crippen LogP contribution in [-0.4, -0.2) is 35.5 Å².